The molecule has 0 aliphatic carbocycles. The number of nitrogens with one attached hydrogen (secondary N) is 1. The summed E-state index contributed by atoms with van der Waals surface area (Å²) in [6, 6.07) is 9.36. The second-order valence-electron chi connectivity index (χ2n) is 6.43. The summed E-state index contributed by atoms with van der Waals surface area (Å²) in [5, 5.41) is 1.69. The van der Waals surface area contributed by atoms with E-state index in [1.54, 1.807) is 18.5 Å². The van der Waals surface area contributed by atoms with E-state index in [4.69, 9.17) is 0 Å². The second-order valence-corrected chi connectivity index (χ2v) is 7.37. The van der Waals surface area contributed by atoms with E-state index in [1.807, 2.05) is 26.0 Å². The molecule has 0 radical (unpaired) electrons. The van der Waals surface area contributed by atoms with Crippen molar-refractivity contribution in [2.45, 2.75) is 31.2 Å². The molecule has 0 fully saturated rings. The molecule has 0 saturated carbocycles. The Kier molecular flexibility index (Phi) is 5.12. The van der Waals surface area contributed by atoms with Gasteiger partial charge in [-0.2, -0.15) is 0 Å². The molecule has 7 nitrogen and oxygen atoms in total. The van der Waals surface area contributed by atoms with Crippen molar-refractivity contribution >= 4 is 22.7 Å². The number of aromatic nitrogens is 6. The number of hydrogen-bond acceptors (Lipinski definition) is 7. The molecule has 4 rings (SSSR count). The third-order valence-corrected chi connectivity index (χ3v) is 5.06. The fourth-order valence-corrected chi connectivity index (χ4v) is 3.60. The van der Waals surface area contributed by atoms with Crippen molar-refractivity contribution in [3.8, 4) is 0 Å². The summed E-state index contributed by atoms with van der Waals surface area (Å²) in [6.45, 7) is 4.02. The molecule has 0 amide bonds. The predicted molar refractivity (Wildman–Crippen MR) is 108 cm³/mol. The molecule has 3 heterocycles. The van der Waals surface area contributed by atoms with E-state index in [-0.39, 0.29) is 5.56 Å². The van der Waals surface area contributed by atoms with Crippen molar-refractivity contribution in [1.82, 2.24) is 29.9 Å². The van der Waals surface area contributed by atoms with Crippen LogP contribution in [0.5, 0.6) is 0 Å². The maximum atomic E-state index is 12.1. The smallest absolute Gasteiger partial charge is 0.251 e. The van der Waals surface area contributed by atoms with Gasteiger partial charge in [0, 0.05) is 35.3 Å². The lowest BCUT2D eigenvalue weighted by molar-refractivity contribution is 0.862. The van der Waals surface area contributed by atoms with Crippen molar-refractivity contribution in [1.29, 1.82) is 0 Å². The Labute approximate surface area is 165 Å². The van der Waals surface area contributed by atoms with Crippen molar-refractivity contribution < 1.29 is 0 Å². The summed E-state index contributed by atoms with van der Waals surface area (Å²) in [5.74, 6) is 1.69. The average Bonchev–Trinajstić information content (AvgIpc) is 2.67. The number of nitrogens with zero attached hydrogens (tertiary/aromatic N) is 5. The number of H-pyrrole nitrogens is 1. The third kappa shape index (κ3) is 4.23. The summed E-state index contributed by atoms with van der Waals surface area (Å²) in [7, 11) is 0. The number of fused-ring (bicyclic) bond motifs is 1. The van der Waals surface area contributed by atoms with Gasteiger partial charge in [0.25, 0.3) is 5.56 Å². The molecule has 0 aliphatic rings. The van der Waals surface area contributed by atoms with Crippen LogP contribution < -0.4 is 5.56 Å². The first-order valence-corrected chi connectivity index (χ1v) is 9.78. The highest BCUT2D eigenvalue weighted by Gasteiger charge is 2.09. The van der Waals surface area contributed by atoms with Crippen LogP contribution in [0.2, 0.25) is 0 Å². The van der Waals surface area contributed by atoms with E-state index in [0.29, 0.717) is 34.7 Å². The SMILES string of the molecule is Cc1ccc2nc(Cc3nc(CSc4ncccn4)cc(=O)[nH]3)nc(C)c2c1. The Morgan fingerprint density at radius 2 is 1.86 bits per heavy atom. The Morgan fingerprint density at radius 3 is 2.68 bits per heavy atom. The lowest BCUT2D eigenvalue weighted by Gasteiger charge is -2.07. The van der Waals surface area contributed by atoms with Crippen molar-refractivity contribution in [2.75, 3.05) is 0 Å². The van der Waals surface area contributed by atoms with Gasteiger partial charge in [0.05, 0.1) is 17.6 Å². The van der Waals surface area contributed by atoms with Crippen LogP contribution in [0.25, 0.3) is 10.9 Å². The van der Waals surface area contributed by atoms with Gasteiger partial charge >= 0.3 is 0 Å². The highest BCUT2D eigenvalue weighted by molar-refractivity contribution is 7.98. The van der Waals surface area contributed by atoms with Crippen molar-refractivity contribution in [3.05, 3.63) is 81.7 Å². The topological polar surface area (TPSA) is 97.3 Å². The largest absolute Gasteiger partial charge is 0.310 e. The van der Waals surface area contributed by atoms with Gasteiger partial charge in [-0.3, -0.25) is 4.79 Å². The molecule has 0 saturated heterocycles. The summed E-state index contributed by atoms with van der Waals surface area (Å²) in [4.78, 5) is 37.0. The molecule has 4 aromatic rings. The first-order valence-electron chi connectivity index (χ1n) is 8.79. The molecule has 0 bridgehead atoms. The summed E-state index contributed by atoms with van der Waals surface area (Å²) in [6.07, 6.45) is 3.74. The zero-order valence-electron chi connectivity index (χ0n) is 15.5. The van der Waals surface area contributed by atoms with Crippen LogP contribution in [-0.2, 0) is 12.2 Å². The van der Waals surface area contributed by atoms with Crippen LogP contribution in [0, 0.1) is 13.8 Å². The lowest BCUT2D eigenvalue weighted by Crippen LogP contribution is -2.14. The van der Waals surface area contributed by atoms with Gasteiger partial charge in [0.1, 0.15) is 11.6 Å². The third-order valence-electron chi connectivity index (χ3n) is 4.15. The fraction of sp³-hybridized carbons (Fsp3) is 0.200. The molecular weight excluding hydrogens is 372 g/mol. The number of rotatable bonds is 5. The zero-order chi connectivity index (χ0) is 19.5. The summed E-state index contributed by atoms with van der Waals surface area (Å²) < 4.78 is 0. The van der Waals surface area contributed by atoms with E-state index >= 15 is 0 Å². The molecule has 0 atom stereocenters. The number of benzene rings is 1. The maximum absolute atomic E-state index is 12.1. The van der Waals surface area contributed by atoms with Crippen LogP contribution in [0.3, 0.4) is 0 Å². The van der Waals surface area contributed by atoms with Gasteiger partial charge < -0.3 is 4.98 Å². The van der Waals surface area contributed by atoms with Gasteiger partial charge in [0.2, 0.25) is 0 Å². The number of hydrogen-bond donors (Lipinski definition) is 1. The summed E-state index contributed by atoms with van der Waals surface area (Å²) >= 11 is 1.43. The molecule has 0 spiro atoms. The number of aryl methyl sites for hydroxylation is 2. The summed E-state index contributed by atoms with van der Waals surface area (Å²) in [5.41, 5.74) is 3.46. The Bertz CT molecular complexity index is 1190. The highest BCUT2D eigenvalue weighted by atomic mass is 32.2. The average molecular weight is 390 g/mol. The Morgan fingerprint density at radius 1 is 1.04 bits per heavy atom. The van der Waals surface area contributed by atoms with Gasteiger partial charge in [-0.25, -0.2) is 24.9 Å². The van der Waals surface area contributed by atoms with Crippen LogP contribution in [0.1, 0.15) is 28.6 Å². The van der Waals surface area contributed by atoms with Crippen LogP contribution >= 0.6 is 11.8 Å². The molecule has 8 heteroatoms. The molecule has 3 aromatic heterocycles. The first-order chi connectivity index (χ1) is 13.6. The molecule has 0 unspecified atom stereocenters. The van der Waals surface area contributed by atoms with Gasteiger partial charge in [-0.05, 0) is 32.0 Å². The first kappa shape index (κ1) is 18.2. The minimum Gasteiger partial charge on any atom is -0.310 e. The van der Waals surface area contributed by atoms with E-state index in [1.165, 1.54) is 23.4 Å². The van der Waals surface area contributed by atoms with Gasteiger partial charge in [-0.15, -0.1) is 0 Å². The second kappa shape index (κ2) is 7.85. The van der Waals surface area contributed by atoms with Crippen molar-refractivity contribution in [3.63, 3.8) is 0 Å². The van der Waals surface area contributed by atoms with E-state index in [9.17, 15) is 4.79 Å². The molecule has 1 aromatic carbocycles. The molecule has 1 N–H and O–H groups in total. The zero-order valence-corrected chi connectivity index (χ0v) is 16.3. The van der Waals surface area contributed by atoms with Crippen LogP contribution in [-0.4, -0.2) is 29.9 Å². The van der Waals surface area contributed by atoms with Crippen LogP contribution in [0.15, 0.2) is 52.7 Å². The minimum atomic E-state index is -0.192. The Hall–Kier alpha value is -3.13. The molecular formula is C20H18N6OS. The normalized spacial score (nSPS) is 11.1. The highest BCUT2D eigenvalue weighted by Crippen LogP contribution is 2.19. The standard InChI is InChI=1S/C20H18N6OS/c1-12-4-5-16-15(8-12)13(2)23-17(25-16)10-18-24-14(9-19(27)26-18)11-28-20-21-6-3-7-22-20/h3-9H,10-11H2,1-2H3,(H,24,26,27). The van der Waals surface area contributed by atoms with E-state index in [0.717, 1.165) is 16.6 Å². The number of thioether (sulfide) groups is 1. The van der Waals surface area contributed by atoms with E-state index in [2.05, 4.69) is 36.0 Å². The Balaban J connectivity index is 1.58. The lowest BCUT2D eigenvalue weighted by atomic mass is 10.1. The monoisotopic (exact) mass is 390 g/mol. The maximum Gasteiger partial charge on any atom is 0.251 e. The fourth-order valence-electron chi connectivity index (χ4n) is 2.90. The molecule has 28 heavy (non-hydrogen) atoms. The van der Waals surface area contributed by atoms with Gasteiger partial charge in [-0.1, -0.05) is 23.4 Å². The van der Waals surface area contributed by atoms with Gasteiger partial charge in [0.15, 0.2) is 5.16 Å². The number of aromatic amines is 1. The minimum absolute atomic E-state index is 0.192. The molecule has 140 valence electrons. The van der Waals surface area contributed by atoms with Crippen molar-refractivity contribution in [2.24, 2.45) is 0 Å². The quantitative estimate of drug-likeness (QED) is 0.413. The van der Waals surface area contributed by atoms with E-state index < -0.39 is 0 Å². The predicted octanol–water partition coefficient (Wildman–Crippen LogP) is 3.00. The molecule has 0 aliphatic heterocycles. The van der Waals surface area contributed by atoms with Crippen LogP contribution in [0.4, 0.5) is 0 Å².